The molecule has 0 saturated carbocycles. The summed E-state index contributed by atoms with van der Waals surface area (Å²) in [6.45, 7) is 3.19. The molecule has 9 heteroatoms. The zero-order chi connectivity index (χ0) is 17.6. The number of halogens is 2. The van der Waals surface area contributed by atoms with E-state index in [2.05, 4.69) is 10.3 Å². The Kier molecular flexibility index (Phi) is 4.67. The van der Waals surface area contributed by atoms with E-state index in [9.17, 15) is 15.3 Å². The number of anilines is 1. The van der Waals surface area contributed by atoms with Gasteiger partial charge in [-0.2, -0.15) is 0 Å². The maximum absolute atomic E-state index is 10.5. The fraction of sp³-hybridized carbons (Fsp3) is 0.533. The Bertz CT molecular complexity index is 767. The second kappa shape index (κ2) is 6.33. The van der Waals surface area contributed by atoms with Gasteiger partial charge in [-0.05, 0) is 26.0 Å². The SMILES string of the molecule is CC(C)Nc1nc2cc(Cl)c(Cl)cc2n1[C@@]1(CO)OC[C@H](O)[C@@H]1O. The first-order valence-corrected chi connectivity index (χ1v) is 8.31. The maximum atomic E-state index is 10.5. The number of nitrogens with one attached hydrogen (secondary N) is 1. The molecule has 1 fully saturated rings. The zero-order valence-electron chi connectivity index (χ0n) is 13.2. The molecule has 2 aromatic rings. The third-order valence-corrected chi connectivity index (χ3v) is 4.77. The molecular weight excluding hydrogens is 357 g/mol. The van der Waals surface area contributed by atoms with E-state index in [1.54, 1.807) is 12.1 Å². The Morgan fingerprint density at radius 1 is 1.38 bits per heavy atom. The van der Waals surface area contributed by atoms with Crippen molar-refractivity contribution >= 4 is 40.2 Å². The number of hydrogen-bond acceptors (Lipinski definition) is 6. The third kappa shape index (κ3) is 2.65. The van der Waals surface area contributed by atoms with Gasteiger partial charge in [-0.15, -0.1) is 0 Å². The van der Waals surface area contributed by atoms with Crippen molar-refractivity contribution in [1.82, 2.24) is 9.55 Å². The Labute approximate surface area is 148 Å². The molecule has 0 radical (unpaired) electrons. The number of aliphatic hydroxyl groups excluding tert-OH is 3. The minimum atomic E-state index is -1.57. The number of aliphatic hydroxyl groups is 3. The summed E-state index contributed by atoms with van der Waals surface area (Å²) in [5, 5.41) is 34.2. The van der Waals surface area contributed by atoms with Gasteiger partial charge in [0.15, 0.2) is 5.72 Å². The molecule has 0 spiro atoms. The predicted octanol–water partition coefficient (Wildman–Crippen LogP) is 1.56. The van der Waals surface area contributed by atoms with Gasteiger partial charge in [0, 0.05) is 6.04 Å². The summed E-state index contributed by atoms with van der Waals surface area (Å²) in [6, 6.07) is 3.23. The smallest absolute Gasteiger partial charge is 0.206 e. The third-order valence-electron chi connectivity index (χ3n) is 4.05. The summed E-state index contributed by atoms with van der Waals surface area (Å²) in [6.07, 6.45) is -2.45. The average molecular weight is 376 g/mol. The van der Waals surface area contributed by atoms with Gasteiger partial charge in [-0.25, -0.2) is 4.98 Å². The van der Waals surface area contributed by atoms with Gasteiger partial charge in [-0.3, -0.25) is 4.57 Å². The number of ether oxygens (including phenoxy) is 1. The van der Waals surface area contributed by atoms with Crippen molar-refractivity contribution in [3.05, 3.63) is 22.2 Å². The first-order valence-electron chi connectivity index (χ1n) is 7.55. The number of rotatable bonds is 4. The molecule has 3 rings (SSSR count). The Morgan fingerprint density at radius 3 is 2.58 bits per heavy atom. The standard InChI is InChI=1S/C15H19Cl2N3O4/c1-7(2)18-14-19-10-3-8(16)9(17)4-11(10)20(14)15(6-21)13(23)12(22)5-24-15/h3-4,7,12-13,21-23H,5-6H2,1-2H3,(H,18,19)/t12-,13-,15-/m0/s1. The van der Waals surface area contributed by atoms with Crippen LogP contribution in [-0.2, 0) is 10.5 Å². The zero-order valence-corrected chi connectivity index (χ0v) is 14.7. The molecule has 0 bridgehead atoms. The van der Waals surface area contributed by atoms with Crippen molar-refractivity contribution in [2.24, 2.45) is 0 Å². The Hall–Kier alpha value is -1.09. The molecule has 0 unspecified atom stereocenters. The van der Waals surface area contributed by atoms with Gasteiger partial charge in [0.2, 0.25) is 5.95 Å². The van der Waals surface area contributed by atoms with E-state index in [0.717, 1.165) is 0 Å². The number of aromatic nitrogens is 2. The van der Waals surface area contributed by atoms with Crippen molar-refractivity contribution in [2.45, 2.75) is 37.8 Å². The summed E-state index contributed by atoms with van der Waals surface area (Å²) in [7, 11) is 0. The number of imidazole rings is 1. The van der Waals surface area contributed by atoms with Crippen molar-refractivity contribution in [3.63, 3.8) is 0 Å². The molecule has 1 aromatic heterocycles. The highest BCUT2D eigenvalue weighted by Gasteiger charge is 2.52. The summed E-state index contributed by atoms with van der Waals surface area (Å²) in [5.41, 5.74) is -0.518. The predicted molar refractivity (Wildman–Crippen MR) is 91.5 cm³/mol. The topological polar surface area (TPSA) is 99.8 Å². The fourth-order valence-electron chi connectivity index (χ4n) is 2.92. The number of hydrogen-bond donors (Lipinski definition) is 4. The van der Waals surface area contributed by atoms with Gasteiger partial charge in [0.1, 0.15) is 12.2 Å². The van der Waals surface area contributed by atoms with E-state index >= 15 is 0 Å². The molecule has 4 N–H and O–H groups in total. The largest absolute Gasteiger partial charge is 0.391 e. The van der Waals surface area contributed by atoms with Gasteiger partial charge in [-0.1, -0.05) is 23.2 Å². The van der Waals surface area contributed by atoms with Crippen LogP contribution in [-0.4, -0.2) is 56.3 Å². The molecule has 1 aromatic carbocycles. The van der Waals surface area contributed by atoms with E-state index in [1.807, 2.05) is 13.8 Å². The molecule has 1 aliphatic heterocycles. The van der Waals surface area contributed by atoms with Crippen LogP contribution in [0.2, 0.25) is 10.0 Å². The highest BCUT2D eigenvalue weighted by atomic mass is 35.5. The van der Waals surface area contributed by atoms with E-state index in [-0.39, 0.29) is 12.6 Å². The molecular formula is C15H19Cl2N3O4. The van der Waals surface area contributed by atoms with E-state index in [0.29, 0.717) is 27.0 Å². The van der Waals surface area contributed by atoms with Crippen molar-refractivity contribution in [3.8, 4) is 0 Å². The quantitative estimate of drug-likeness (QED) is 0.647. The molecule has 2 heterocycles. The second-order valence-corrected chi connectivity index (χ2v) is 6.97. The van der Waals surface area contributed by atoms with Crippen molar-refractivity contribution in [1.29, 1.82) is 0 Å². The van der Waals surface area contributed by atoms with Gasteiger partial charge in [0.25, 0.3) is 0 Å². The van der Waals surface area contributed by atoms with Crippen LogP contribution in [0, 0.1) is 0 Å². The molecule has 1 saturated heterocycles. The molecule has 3 atom stereocenters. The fourth-order valence-corrected chi connectivity index (χ4v) is 3.24. The Balaban J connectivity index is 2.29. The molecule has 24 heavy (non-hydrogen) atoms. The van der Waals surface area contributed by atoms with E-state index in [1.165, 1.54) is 4.57 Å². The van der Waals surface area contributed by atoms with Crippen LogP contribution in [0.15, 0.2) is 12.1 Å². The van der Waals surface area contributed by atoms with Gasteiger partial charge >= 0.3 is 0 Å². The lowest BCUT2D eigenvalue weighted by atomic mass is 10.1. The van der Waals surface area contributed by atoms with E-state index in [4.69, 9.17) is 27.9 Å². The molecule has 132 valence electrons. The lowest BCUT2D eigenvalue weighted by Gasteiger charge is -2.33. The lowest BCUT2D eigenvalue weighted by molar-refractivity contribution is -0.148. The van der Waals surface area contributed by atoms with Crippen molar-refractivity contribution < 1.29 is 20.1 Å². The number of benzene rings is 1. The van der Waals surface area contributed by atoms with Crippen LogP contribution in [0.5, 0.6) is 0 Å². The van der Waals surface area contributed by atoms with Crippen LogP contribution in [0.25, 0.3) is 11.0 Å². The highest BCUT2D eigenvalue weighted by Crippen LogP contribution is 2.39. The summed E-state index contributed by atoms with van der Waals surface area (Å²) in [4.78, 5) is 4.48. The minimum absolute atomic E-state index is 0.0331. The summed E-state index contributed by atoms with van der Waals surface area (Å²) < 4.78 is 7.15. The van der Waals surface area contributed by atoms with Crippen LogP contribution in [0.1, 0.15) is 13.8 Å². The molecule has 7 nitrogen and oxygen atoms in total. The normalized spacial score (nSPS) is 27.3. The van der Waals surface area contributed by atoms with Crippen LogP contribution in [0.4, 0.5) is 5.95 Å². The molecule has 0 aliphatic carbocycles. The first kappa shape index (κ1) is 17.7. The minimum Gasteiger partial charge on any atom is -0.391 e. The van der Waals surface area contributed by atoms with Crippen LogP contribution < -0.4 is 5.32 Å². The first-order chi connectivity index (χ1) is 11.3. The average Bonchev–Trinajstić information content (AvgIpc) is 2.99. The van der Waals surface area contributed by atoms with E-state index < -0.39 is 24.5 Å². The summed E-state index contributed by atoms with van der Waals surface area (Å²) >= 11 is 12.2. The lowest BCUT2D eigenvalue weighted by Crippen LogP contribution is -2.49. The van der Waals surface area contributed by atoms with Crippen molar-refractivity contribution in [2.75, 3.05) is 18.5 Å². The molecule has 0 amide bonds. The monoisotopic (exact) mass is 375 g/mol. The number of nitrogens with zero attached hydrogens (tertiary/aromatic N) is 2. The summed E-state index contributed by atoms with van der Waals surface area (Å²) in [5.74, 6) is 0.375. The second-order valence-electron chi connectivity index (χ2n) is 6.15. The van der Waals surface area contributed by atoms with Crippen LogP contribution >= 0.6 is 23.2 Å². The van der Waals surface area contributed by atoms with Gasteiger partial charge in [0.05, 0.1) is 34.3 Å². The molecule has 1 aliphatic rings. The maximum Gasteiger partial charge on any atom is 0.206 e. The van der Waals surface area contributed by atoms with Gasteiger partial charge < -0.3 is 25.4 Å². The van der Waals surface area contributed by atoms with Crippen LogP contribution in [0.3, 0.4) is 0 Å². The highest BCUT2D eigenvalue weighted by molar-refractivity contribution is 6.42. The Morgan fingerprint density at radius 2 is 2.04 bits per heavy atom. The number of fused-ring (bicyclic) bond motifs is 1.